The molecule has 0 spiro atoms. The van der Waals surface area contributed by atoms with Gasteiger partial charge in [-0.3, -0.25) is 0 Å². The summed E-state index contributed by atoms with van der Waals surface area (Å²) >= 11 is 0. The lowest BCUT2D eigenvalue weighted by Crippen LogP contribution is -1.98. The van der Waals surface area contributed by atoms with Crippen LogP contribution in [-0.4, -0.2) is 9.13 Å². The molecule has 4 aromatic heterocycles. The summed E-state index contributed by atoms with van der Waals surface area (Å²) in [5.74, 6) is 1.07. The van der Waals surface area contributed by atoms with Gasteiger partial charge in [-0.1, -0.05) is 158 Å². The zero-order chi connectivity index (χ0) is 45.9. The maximum atomic E-state index is 6.54. The third kappa shape index (κ3) is 5.77. The van der Waals surface area contributed by atoms with Gasteiger partial charge < -0.3 is 18.0 Å². The molecule has 0 unspecified atom stereocenters. The summed E-state index contributed by atoms with van der Waals surface area (Å²) in [6, 6.07) is 79.5. The van der Waals surface area contributed by atoms with Crippen molar-refractivity contribution < 1.29 is 8.83 Å². The van der Waals surface area contributed by atoms with Gasteiger partial charge in [-0.25, -0.2) is 0 Å². The Morgan fingerprint density at radius 3 is 1.44 bits per heavy atom. The monoisotopic (exact) mass is 894 g/mol. The number of benzene rings is 10. The second kappa shape index (κ2) is 15.2. The first-order valence-electron chi connectivity index (χ1n) is 24.2. The fraction of sp³-hybridized carbons (Fsp3) is 0.0303. The maximum absolute atomic E-state index is 6.54. The molecule has 4 heterocycles. The number of hydrogen-bond acceptors (Lipinski definition) is 2. The summed E-state index contributed by atoms with van der Waals surface area (Å²) in [4.78, 5) is 0. The largest absolute Gasteiger partial charge is 0.460 e. The van der Waals surface area contributed by atoms with Crippen molar-refractivity contribution in [1.29, 1.82) is 0 Å². The molecule has 4 heteroatoms. The molecule has 328 valence electrons. The predicted octanol–water partition coefficient (Wildman–Crippen LogP) is 18.2. The molecular weight excluding hydrogens is 853 g/mol. The molecule has 0 amide bonds. The van der Waals surface area contributed by atoms with Gasteiger partial charge in [0.05, 0.1) is 22.1 Å². The first-order valence-corrected chi connectivity index (χ1v) is 24.2. The van der Waals surface area contributed by atoms with E-state index >= 15 is 0 Å². The Morgan fingerprint density at radius 2 is 0.829 bits per heavy atom. The highest BCUT2D eigenvalue weighted by Crippen LogP contribution is 2.47. The molecular formula is C66H42N2O2. The van der Waals surface area contributed by atoms with E-state index in [4.69, 9.17) is 8.83 Å². The number of nitrogens with zero attached hydrogens (tertiary/aromatic N) is 2. The van der Waals surface area contributed by atoms with Crippen LogP contribution in [0.1, 0.15) is 17.7 Å². The molecule has 10 aromatic carbocycles. The minimum Gasteiger partial charge on any atom is -0.460 e. The minimum absolute atomic E-state index is 0.889. The molecule has 1 aliphatic carbocycles. The second-order valence-corrected chi connectivity index (χ2v) is 18.6. The van der Waals surface area contributed by atoms with Gasteiger partial charge in [0.25, 0.3) is 0 Å². The first kappa shape index (κ1) is 38.9. The van der Waals surface area contributed by atoms with E-state index in [1.807, 2.05) is 6.07 Å². The molecule has 0 saturated heterocycles. The zero-order valence-electron chi connectivity index (χ0n) is 38.1. The van der Waals surface area contributed by atoms with Crippen molar-refractivity contribution in [3.8, 4) is 55.9 Å². The Kier molecular flexibility index (Phi) is 8.45. The van der Waals surface area contributed by atoms with Crippen LogP contribution in [0.3, 0.4) is 0 Å². The average molecular weight is 895 g/mol. The Balaban J connectivity index is 0.991. The van der Waals surface area contributed by atoms with Crippen LogP contribution in [0.15, 0.2) is 233 Å². The Bertz CT molecular complexity index is 4460. The molecule has 0 bridgehead atoms. The van der Waals surface area contributed by atoms with Gasteiger partial charge in [0.15, 0.2) is 0 Å². The first-order chi connectivity index (χ1) is 34.7. The third-order valence-electron chi connectivity index (χ3n) is 14.8. The van der Waals surface area contributed by atoms with E-state index in [1.54, 1.807) is 0 Å². The smallest absolute Gasteiger partial charge is 0.136 e. The summed E-state index contributed by atoms with van der Waals surface area (Å²) in [6.07, 6.45) is 6.45. The number of fused-ring (bicyclic) bond motifs is 12. The summed E-state index contributed by atoms with van der Waals surface area (Å²) in [5, 5.41) is 8.27. The van der Waals surface area contributed by atoms with Crippen molar-refractivity contribution in [1.82, 2.24) is 9.13 Å². The normalized spacial score (nSPS) is 12.7. The number of hydrogen-bond donors (Lipinski definition) is 0. The van der Waals surface area contributed by atoms with Gasteiger partial charge >= 0.3 is 0 Å². The van der Waals surface area contributed by atoms with Gasteiger partial charge in [-0.05, 0) is 124 Å². The Morgan fingerprint density at radius 1 is 0.329 bits per heavy atom. The van der Waals surface area contributed by atoms with Crippen LogP contribution in [-0.2, 0) is 6.42 Å². The number of allylic oxidation sites excluding steroid dienone is 1. The van der Waals surface area contributed by atoms with Crippen molar-refractivity contribution in [3.05, 3.63) is 236 Å². The van der Waals surface area contributed by atoms with Crippen molar-refractivity contribution in [2.24, 2.45) is 0 Å². The second-order valence-electron chi connectivity index (χ2n) is 18.6. The lowest BCUT2D eigenvalue weighted by Gasteiger charge is -2.14. The quantitative estimate of drug-likeness (QED) is 0.167. The lowest BCUT2D eigenvalue weighted by atomic mass is 9.92. The van der Waals surface area contributed by atoms with Crippen LogP contribution in [0, 0.1) is 0 Å². The van der Waals surface area contributed by atoms with Gasteiger partial charge in [0.1, 0.15) is 22.5 Å². The molecule has 0 fully saturated rings. The summed E-state index contributed by atoms with van der Waals surface area (Å²) in [7, 11) is 0. The van der Waals surface area contributed by atoms with Crippen molar-refractivity contribution in [2.45, 2.75) is 12.8 Å². The molecule has 1 aliphatic rings. The molecule has 0 radical (unpaired) electrons. The standard InChI is InChI=1S/C66H42N2O2/c1-3-16-41(17-4-1)43-34-36-55-53(38-43)63-47(49-26-14-32-61-65(49)51-22-7-9-30-59(51)69-61)24-12-28-57(63)67(55)45-20-11-21-46(40-45)68-56-37-35-44(42-18-5-2-6-19-42)39-54(56)64-48(25-13-29-58(64)68)50-27-15-33-62-66(50)52-23-8-10-31-60(52)70-62/h1-9,11-30,32-40H,10,31H2. The van der Waals surface area contributed by atoms with Crippen LogP contribution < -0.4 is 0 Å². The molecule has 0 atom stereocenters. The lowest BCUT2D eigenvalue weighted by molar-refractivity contribution is 0.546. The molecule has 14 aromatic rings. The Hall–Kier alpha value is -9.12. The molecule has 4 nitrogen and oxygen atoms in total. The van der Waals surface area contributed by atoms with Crippen molar-refractivity contribution in [2.75, 3.05) is 0 Å². The van der Waals surface area contributed by atoms with Crippen LogP contribution in [0.4, 0.5) is 0 Å². The molecule has 0 saturated carbocycles. The summed E-state index contributed by atoms with van der Waals surface area (Å²) in [5.41, 5.74) is 20.2. The van der Waals surface area contributed by atoms with E-state index < -0.39 is 0 Å². The average Bonchev–Trinajstić information content (AvgIpc) is 4.19. The highest BCUT2D eigenvalue weighted by atomic mass is 16.3. The molecule has 0 N–H and O–H groups in total. The fourth-order valence-electron chi connectivity index (χ4n) is 11.8. The Labute approximate surface area is 403 Å². The van der Waals surface area contributed by atoms with Gasteiger partial charge in [-0.15, -0.1) is 0 Å². The van der Waals surface area contributed by atoms with Gasteiger partial charge in [-0.2, -0.15) is 0 Å². The topological polar surface area (TPSA) is 36.1 Å². The van der Waals surface area contributed by atoms with E-state index in [-0.39, 0.29) is 0 Å². The third-order valence-corrected chi connectivity index (χ3v) is 14.8. The van der Waals surface area contributed by atoms with Crippen molar-refractivity contribution in [3.63, 3.8) is 0 Å². The highest BCUT2D eigenvalue weighted by molar-refractivity contribution is 6.22. The number of rotatable bonds is 6. The number of furan rings is 2. The van der Waals surface area contributed by atoms with E-state index in [1.165, 1.54) is 71.4 Å². The fourth-order valence-corrected chi connectivity index (χ4v) is 11.8. The SMILES string of the molecule is C1=Cc2c(oc3cccc(-c4cccc5c4c4cc(-c6ccccc6)ccc4n5-c4cccc(-n5c6ccc(-c7ccccc7)cc6c6c(-c7cccc8oc9ccccc9c78)cccc65)c4)c23)CC1. The highest BCUT2D eigenvalue weighted by Gasteiger charge is 2.24. The minimum atomic E-state index is 0.889. The van der Waals surface area contributed by atoms with Crippen LogP contribution in [0.2, 0.25) is 0 Å². The zero-order valence-corrected chi connectivity index (χ0v) is 38.1. The van der Waals surface area contributed by atoms with Crippen LogP contribution in [0.25, 0.3) is 138 Å². The van der Waals surface area contributed by atoms with E-state index in [0.717, 1.165) is 85.1 Å². The number of aromatic nitrogens is 2. The van der Waals surface area contributed by atoms with E-state index in [2.05, 4.69) is 234 Å². The predicted molar refractivity (Wildman–Crippen MR) is 291 cm³/mol. The molecule has 15 rings (SSSR count). The van der Waals surface area contributed by atoms with Gasteiger partial charge in [0.2, 0.25) is 0 Å². The van der Waals surface area contributed by atoms with Crippen molar-refractivity contribution >= 4 is 82.6 Å². The van der Waals surface area contributed by atoms with Gasteiger partial charge in [0, 0.05) is 61.1 Å². The van der Waals surface area contributed by atoms with E-state index in [0.29, 0.717) is 0 Å². The van der Waals surface area contributed by atoms with Crippen LogP contribution in [0.5, 0.6) is 0 Å². The molecule has 70 heavy (non-hydrogen) atoms. The summed E-state index contributed by atoms with van der Waals surface area (Å²) < 4.78 is 17.9. The summed E-state index contributed by atoms with van der Waals surface area (Å²) in [6.45, 7) is 0. The number of para-hydroxylation sites is 1. The van der Waals surface area contributed by atoms with Crippen LogP contribution >= 0.6 is 0 Å². The molecule has 0 aliphatic heterocycles. The van der Waals surface area contributed by atoms with E-state index in [9.17, 15) is 0 Å². The maximum Gasteiger partial charge on any atom is 0.136 e. The number of aryl methyl sites for hydroxylation is 1.